The molecule has 134 valence electrons. The van der Waals surface area contributed by atoms with Gasteiger partial charge in [0.15, 0.2) is 9.84 Å². The van der Waals surface area contributed by atoms with Gasteiger partial charge in [0.1, 0.15) is 15.2 Å². The Morgan fingerprint density at radius 3 is 2.54 bits per heavy atom. The monoisotopic (exact) mass is 388 g/mol. The van der Waals surface area contributed by atoms with E-state index in [9.17, 15) is 13.2 Å². The van der Waals surface area contributed by atoms with E-state index in [0.29, 0.717) is 26.6 Å². The van der Waals surface area contributed by atoms with Crippen LogP contribution in [0.3, 0.4) is 0 Å². The zero-order valence-corrected chi connectivity index (χ0v) is 15.4. The summed E-state index contributed by atoms with van der Waals surface area (Å²) in [5.74, 6) is -0.292. The maximum atomic E-state index is 12.8. The number of hydrogen-bond donors (Lipinski definition) is 1. The van der Waals surface area contributed by atoms with Crippen LogP contribution in [0.25, 0.3) is 21.6 Å². The Morgan fingerprint density at radius 1 is 1.15 bits per heavy atom. The molecule has 1 saturated heterocycles. The average molecular weight is 388 g/mol. The summed E-state index contributed by atoms with van der Waals surface area (Å²) in [5.41, 5.74) is 8.58. The average Bonchev–Trinajstić information content (AvgIpc) is 2.98. The second-order valence-electron chi connectivity index (χ2n) is 6.06. The number of hydrogen-bond acceptors (Lipinski definition) is 7. The Hall–Kier alpha value is -2.52. The van der Waals surface area contributed by atoms with E-state index in [1.807, 2.05) is 30.3 Å². The highest BCUT2D eigenvalue weighted by molar-refractivity contribution is 7.91. The Morgan fingerprint density at radius 2 is 1.85 bits per heavy atom. The number of rotatable bonds is 2. The molecule has 0 saturated carbocycles. The number of fused-ring (bicyclic) bond motifs is 1. The predicted molar refractivity (Wildman–Crippen MR) is 102 cm³/mol. The number of nitrogens with zero attached hydrogens (tertiary/aromatic N) is 3. The lowest BCUT2D eigenvalue weighted by Crippen LogP contribution is -2.43. The van der Waals surface area contributed by atoms with Crippen molar-refractivity contribution in [3.8, 4) is 11.3 Å². The molecule has 3 aromatic rings. The molecule has 9 heteroatoms. The van der Waals surface area contributed by atoms with Crippen LogP contribution in [0, 0.1) is 0 Å². The van der Waals surface area contributed by atoms with Gasteiger partial charge in [-0.25, -0.2) is 18.4 Å². The molecule has 1 aliphatic heterocycles. The van der Waals surface area contributed by atoms with Gasteiger partial charge in [0.2, 0.25) is 0 Å². The molecule has 1 aliphatic rings. The molecule has 0 spiro atoms. The first kappa shape index (κ1) is 16.9. The van der Waals surface area contributed by atoms with Gasteiger partial charge < -0.3 is 10.6 Å². The summed E-state index contributed by atoms with van der Waals surface area (Å²) in [6, 6.07) is 9.64. The number of carbonyl (C=O) groups excluding carboxylic acids is 1. The lowest BCUT2D eigenvalue weighted by Gasteiger charge is -2.26. The summed E-state index contributed by atoms with van der Waals surface area (Å²) in [4.78, 5) is 24.2. The van der Waals surface area contributed by atoms with Crippen LogP contribution in [-0.2, 0) is 9.84 Å². The largest absolute Gasteiger partial charge is 0.396 e. The number of aromatic nitrogens is 2. The SMILES string of the molecule is Nc1c(C(=O)N2CCS(=O)(=O)CC2)sc2nc(-c3ccccc3)cnc12. The second-order valence-corrected chi connectivity index (χ2v) is 9.37. The highest BCUT2D eigenvalue weighted by Gasteiger charge is 2.29. The first-order valence-electron chi connectivity index (χ1n) is 8.05. The van der Waals surface area contributed by atoms with Crippen molar-refractivity contribution in [3.63, 3.8) is 0 Å². The van der Waals surface area contributed by atoms with Gasteiger partial charge in [0, 0.05) is 18.7 Å². The van der Waals surface area contributed by atoms with E-state index in [-0.39, 0.29) is 30.5 Å². The van der Waals surface area contributed by atoms with Gasteiger partial charge in [-0.3, -0.25) is 4.79 Å². The van der Waals surface area contributed by atoms with Crippen LogP contribution in [-0.4, -0.2) is 53.8 Å². The van der Waals surface area contributed by atoms with Crippen LogP contribution in [0.2, 0.25) is 0 Å². The first-order chi connectivity index (χ1) is 12.4. The van der Waals surface area contributed by atoms with Crippen LogP contribution in [0.1, 0.15) is 9.67 Å². The molecule has 0 atom stereocenters. The topological polar surface area (TPSA) is 106 Å². The number of sulfone groups is 1. The van der Waals surface area contributed by atoms with Crippen molar-refractivity contribution in [2.24, 2.45) is 0 Å². The molecule has 7 nitrogen and oxygen atoms in total. The van der Waals surface area contributed by atoms with Gasteiger partial charge in [-0.1, -0.05) is 30.3 Å². The van der Waals surface area contributed by atoms with Gasteiger partial charge in [-0.05, 0) is 0 Å². The number of carbonyl (C=O) groups is 1. The number of amides is 1. The van der Waals surface area contributed by atoms with Crippen molar-refractivity contribution >= 4 is 43.1 Å². The third-order valence-electron chi connectivity index (χ3n) is 4.33. The third-order valence-corrected chi connectivity index (χ3v) is 7.02. The Balaban J connectivity index is 1.68. The van der Waals surface area contributed by atoms with Crippen molar-refractivity contribution in [1.82, 2.24) is 14.9 Å². The van der Waals surface area contributed by atoms with Crippen molar-refractivity contribution < 1.29 is 13.2 Å². The summed E-state index contributed by atoms with van der Waals surface area (Å²) < 4.78 is 23.1. The number of anilines is 1. The zero-order valence-electron chi connectivity index (χ0n) is 13.8. The van der Waals surface area contributed by atoms with Gasteiger partial charge in [0.05, 0.1) is 29.1 Å². The summed E-state index contributed by atoms with van der Waals surface area (Å²) >= 11 is 1.20. The number of nitrogen functional groups attached to an aromatic ring is 1. The summed E-state index contributed by atoms with van der Waals surface area (Å²) in [6.45, 7) is 0.371. The van der Waals surface area contributed by atoms with Gasteiger partial charge in [-0.15, -0.1) is 11.3 Å². The van der Waals surface area contributed by atoms with E-state index in [2.05, 4.69) is 9.97 Å². The van der Waals surface area contributed by atoms with Crippen LogP contribution < -0.4 is 5.73 Å². The van der Waals surface area contributed by atoms with Crippen molar-refractivity contribution in [1.29, 1.82) is 0 Å². The molecule has 0 radical (unpaired) electrons. The molecule has 0 unspecified atom stereocenters. The molecule has 1 amide bonds. The summed E-state index contributed by atoms with van der Waals surface area (Å²) in [7, 11) is -3.05. The normalized spacial score (nSPS) is 16.7. The molecular formula is C17H16N4O3S2. The van der Waals surface area contributed by atoms with Crippen LogP contribution in [0.5, 0.6) is 0 Å². The van der Waals surface area contributed by atoms with E-state index < -0.39 is 9.84 Å². The minimum atomic E-state index is -3.05. The number of nitrogens with two attached hydrogens (primary N) is 1. The minimum absolute atomic E-state index is 0.0157. The molecule has 1 aromatic carbocycles. The Bertz CT molecular complexity index is 1080. The highest BCUT2D eigenvalue weighted by atomic mass is 32.2. The third kappa shape index (κ3) is 3.04. The van der Waals surface area contributed by atoms with Crippen molar-refractivity contribution in [2.75, 3.05) is 30.3 Å². The van der Waals surface area contributed by atoms with Gasteiger partial charge >= 0.3 is 0 Å². The molecule has 26 heavy (non-hydrogen) atoms. The highest BCUT2D eigenvalue weighted by Crippen LogP contribution is 2.33. The number of thiophene rings is 1. The lowest BCUT2D eigenvalue weighted by molar-refractivity contribution is 0.0776. The molecule has 2 aromatic heterocycles. The molecule has 4 rings (SSSR count). The molecule has 3 heterocycles. The number of benzene rings is 1. The predicted octanol–water partition coefficient (Wildman–Crippen LogP) is 1.81. The maximum absolute atomic E-state index is 12.8. The first-order valence-corrected chi connectivity index (χ1v) is 10.7. The van der Waals surface area contributed by atoms with E-state index in [1.165, 1.54) is 16.2 Å². The Kier molecular flexibility index (Phi) is 4.12. The zero-order chi connectivity index (χ0) is 18.3. The quantitative estimate of drug-likeness (QED) is 0.718. The lowest BCUT2D eigenvalue weighted by atomic mass is 10.2. The second kappa shape index (κ2) is 6.33. The fourth-order valence-corrected chi connectivity index (χ4v) is 5.07. The van der Waals surface area contributed by atoms with E-state index in [0.717, 1.165) is 5.56 Å². The van der Waals surface area contributed by atoms with Gasteiger partial charge in [-0.2, -0.15) is 0 Å². The summed E-state index contributed by atoms with van der Waals surface area (Å²) in [6.07, 6.45) is 1.64. The molecule has 0 bridgehead atoms. The fraction of sp³-hybridized carbons (Fsp3) is 0.235. The van der Waals surface area contributed by atoms with Crippen molar-refractivity contribution in [3.05, 3.63) is 41.4 Å². The van der Waals surface area contributed by atoms with Crippen LogP contribution >= 0.6 is 11.3 Å². The van der Waals surface area contributed by atoms with E-state index in [1.54, 1.807) is 6.20 Å². The van der Waals surface area contributed by atoms with Gasteiger partial charge in [0.25, 0.3) is 5.91 Å². The fourth-order valence-electron chi connectivity index (χ4n) is 2.85. The van der Waals surface area contributed by atoms with Crippen molar-refractivity contribution in [2.45, 2.75) is 0 Å². The maximum Gasteiger partial charge on any atom is 0.266 e. The van der Waals surface area contributed by atoms with Crippen LogP contribution in [0.15, 0.2) is 36.5 Å². The molecular weight excluding hydrogens is 372 g/mol. The van der Waals surface area contributed by atoms with Crippen LogP contribution in [0.4, 0.5) is 5.69 Å². The standard InChI is InChI=1S/C17H16N4O3S2/c18-13-14-16(20-12(10-19-14)11-4-2-1-3-5-11)25-15(13)17(22)21-6-8-26(23,24)9-7-21/h1-5,10H,6-9,18H2. The smallest absolute Gasteiger partial charge is 0.266 e. The van der Waals surface area contributed by atoms with E-state index >= 15 is 0 Å². The molecule has 1 fully saturated rings. The minimum Gasteiger partial charge on any atom is -0.396 e. The summed E-state index contributed by atoms with van der Waals surface area (Å²) in [5, 5.41) is 0. The Labute approximate surface area is 154 Å². The van der Waals surface area contributed by atoms with E-state index in [4.69, 9.17) is 5.73 Å². The molecule has 2 N–H and O–H groups in total. The molecule has 0 aliphatic carbocycles.